The molecule has 0 bridgehead atoms. The predicted octanol–water partition coefficient (Wildman–Crippen LogP) is 8.40. The molecule has 3 aromatic rings. The molecule has 0 aliphatic rings. The van der Waals surface area contributed by atoms with E-state index in [4.69, 9.17) is 15.9 Å². The van der Waals surface area contributed by atoms with Crippen molar-refractivity contribution in [3.05, 3.63) is 97.6 Å². The summed E-state index contributed by atoms with van der Waals surface area (Å²) in [5.74, 6) is -0.469. The van der Waals surface area contributed by atoms with E-state index in [1.807, 2.05) is 107 Å². The Kier molecular flexibility index (Phi) is 21.5. The highest BCUT2D eigenvalue weighted by molar-refractivity contribution is 5.89. The van der Waals surface area contributed by atoms with Gasteiger partial charge in [-0.1, -0.05) is 99.3 Å². The van der Waals surface area contributed by atoms with E-state index in [1.165, 1.54) is 0 Å². The van der Waals surface area contributed by atoms with Crippen LogP contribution in [0.5, 0.6) is 0 Å². The Morgan fingerprint density at radius 3 is 1.98 bits per heavy atom. The molecule has 0 radical (unpaired) electrons. The summed E-state index contributed by atoms with van der Waals surface area (Å²) in [6.45, 7) is 19.1. The fraction of sp³-hybridized carbons (Fsp3) is 0.333. The minimum atomic E-state index is -0.859. The van der Waals surface area contributed by atoms with Gasteiger partial charge in [0, 0.05) is 29.3 Å². The van der Waals surface area contributed by atoms with Crippen LogP contribution in [0.3, 0.4) is 0 Å². The molecule has 8 heteroatoms. The van der Waals surface area contributed by atoms with E-state index >= 15 is 0 Å². The van der Waals surface area contributed by atoms with Crippen molar-refractivity contribution in [2.24, 2.45) is 15.7 Å². The van der Waals surface area contributed by atoms with Gasteiger partial charge in [0.1, 0.15) is 0 Å². The number of nitrogens with zero attached hydrogens (tertiary/aromatic N) is 4. The molecule has 0 unspecified atom stereocenters. The fourth-order valence-electron chi connectivity index (χ4n) is 3.88. The Labute approximate surface area is 264 Å². The van der Waals surface area contributed by atoms with Gasteiger partial charge in [-0.05, 0) is 53.4 Å². The molecule has 3 rings (SSSR count). The molecule has 1 heterocycles. The minimum absolute atomic E-state index is 0.0407. The molecule has 2 aromatic carbocycles. The second-order valence-corrected chi connectivity index (χ2v) is 9.15. The third kappa shape index (κ3) is 14.6. The van der Waals surface area contributed by atoms with Crippen LogP contribution in [0.25, 0.3) is 28.3 Å². The number of aromatic nitrogens is 2. The Morgan fingerprint density at radius 1 is 0.977 bits per heavy atom. The normalized spacial score (nSPS) is 11.4. The van der Waals surface area contributed by atoms with Crippen molar-refractivity contribution >= 4 is 24.0 Å². The first-order chi connectivity index (χ1) is 21.2. The van der Waals surface area contributed by atoms with E-state index in [-0.39, 0.29) is 12.4 Å². The van der Waals surface area contributed by atoms with Gasteiger partial charge in [0.2, 0.25) is 5.96 Å². The number of carbonyl (C=O) groups is 1. The number of nitrogens with two attached hydrogens (primary N) is 1. The maximum Gasteiger partial charge on any atom is 0.303 e. The number of benzene rings is 2. The molecule has 1 atom stereocenters. The Morgan fingerprint density at radius 2 is 1.50 bits per heavy atom. The Hall–Kier alpha value is -4.56. The quantitative estimate of drug-likeness (QED) is 0.116. The van der Waals surface area contributed by atoms with Crippen LogP contribution < -0.4 is 5.73 Å². The number of aliphatic imine (C=N–C) groups is 2. The van der Waals surface area contributed by atoms with Crippen LogP contribution in [0.15, 0.2) is 102 Å². The van der Waals surface area contributed by atoms with Gasteiger partial charge in [-0.25, -0.2) is 9.67 Å². The number of allylic oxidation sites excluding steroid dienone is 3. The number of rotatable bonds is 11. The largest absolute Gasteiger partial charge is 0.481 e. The fourth-order valence-corrected chi connectivity index (χ4v) is 3.88. The van der Waals surface area contributed by atoms with Gasteiger partial charge in [0.25, 0.3) is 0 Å². The predicted molar refractivity (Wildman–Crippen MR) is 188 cm³/mol. The number of carboxylic acids is 1. The highest BCUT2D eigenvalue weighted by Gasteiger charge is 2.22. The van der Waals surface area contributed by atoms with Gasteiger partial charge in [-0.15, -0.1) is 6.58 Å². The number of hydrogen-bond donors (Lipinski definition) is 3. The molecule has 0 aliphatic heterocycles. The first-order valence-electron chi connectivity index (χ1n) is 15.0. The van der Waals surface area contributed by atoms with E-state index in [0.29, 0.717) is 31.5 Å². The highest BCUT2D eigenvalue weighted by atomic mass is 16.4. The molecule has 1 aromatic heterocycles. The third-order valence-electron chi connectivity index (χ3n) is 5.82. The third-order valence-corrected chi connectivity index (χ3v) is 5.82. The van der Waals surface area contributed by atoms with Crippen LogP contribution in [0.2, 0.25) is 0 Å². The molecule has 8 nitrogen and oxygen atoms in total. The lowest BCUT2D eigenvalue weighted by atomic mass is 9.96. The summed E-state index contributed by atoms with van der Waals surface area (Å²) in [6.07, 6.45) is 8.56. The zero-order valence-corrected chi connectivity index (χ0v) is 27.3. The molecule has 0 saturated heterocycles. The minimum Gasteiger partial charge on any atom is -0.481 e. The first-order valence-corrected chi connectivity index (χ1v) is 15.0. The molecule has 0 fully saturated rings. The summed E-state index contributed by atoms with van der Waals surface area (Å²) in [5, 5.41) is 24.3. The van der Waals surface area contributed by atoms with Crippen molar-refractivity contribution in [2.45, 2.75) is 79.8 Å². The van der Waals surface area contributed by atoms with Crippen molar-refractivity contribution in [3.8, 4) is 22.5 Å². The molecule has 238 valence electrons. The maximum atomic E-state index is 10.8. The lowest BCUT2D eigenvalue weighted by Crippen LogP contribution is -2.11. The standard InChI is InChI=1S/C27H31N5O3.C4H8.C3H6.C2H6/c1-3-29-27(28)30-19(2)32-26(21-13-8-5-9-14-21)23(18-17-22(33)15-10-16-24(34)35)25(31-32)20-11-6-4-7-12-20;1-3-4-2;1-3-2;1-2/h3-9,11-14,22,33H,2,10,15-18H2,1H3,(H2,28,30)(H,34,35);3-4H,1-2H3;3H,1H2,2H3;1-2H3/b29-3-;4-3-;;/t22-;;;/m0.../s1. The van der Waals surface area contributed by atoms with Gasteiger partial charge >= 0.3 is 5.97 Å². The number of hydrogen-bond acceptors (Lipinski definition) is 4. The summed E-state index contributed by atoms with van der Waals surface area (Å²) in [6, 6.07) is 19.6. The zero-order valence-electron chi connectivity index (χ0n) is 27.3. The molecule has 44 heavy (non-hydrogen) atoms. The second-order valence-electron chi connectivity index (χ2n) is 9.15. The van der Waals surface area contributed by atoms with Crippen LogP contribution >= 0.6 is 0 Å². The summed E-state index contributed by atoms with van der Waals surface area (Å²) in [5.41, 5.74) is 10.3. The van der Waals surface area contributed by atoms with Crippen LogP contribution in [-0.2, 0) is 11.2 Å². The van der Waals surface area contributed by atoms with E-state index in [9.17, 15) is 9.90 Å². The molecule has 0 amide bonds. The maximum absolute atomic E-state index is 10.8. The lowest BCUT2D eigenvalue weighted by molar-refractivity contribution is -0.137. The molecule has 0 spiro atoms. The van der Waals surface area contributed by atoms with E-state index in [2.05, 4.69) is 23.1 Å². The van der Waals surface area contributed by atoms with Crippen molar-refractivity contribution in [3.63, 3.8) is 0 Å². The highest BCUT2D eigenvalue weighted by Crippen LogP contribution is 2.35. The van der Waals surface area contributed by atoms with Gasteiger partial charge < -0.3 is 15.9 Å². The Balaban J connectivity index is 0.00000183. The first kappa shape index (κ1) is 39.4. The summed E-state index contributed by atoms with van der Waals surface area (Å²) < 4.78 is 1.67. The number of aliphatic hydroxyl groups is 1. The summed E-state index contributed by atoms with van der Waals surface area (Å²) in [7, 11) is 0. The van der Waals surface area contributed by atoms with E-state index < -0.39 is 12.1 Å². The van der Waals surface area contributed by atoms with Crippen LogP contribution in [0.1, 0.15) is 72.8 Å². The van der Waals surface area contributed by atoms with Gasteiger partial charge in [-0.3, -0.25) is 4.79 Å². The number of guanidine groups is 1. The van der Waals surface area contributed by atoms with Crippen molar-refractivity contribution in [1.82, 2.24) is 9.78 Å². The number of aliphatic hydroxyl groups excluding tert-OH is 1. The summed E-state index contributed by atoms with van der Waals surface area (Å²) in [4.78, 5) is 19.1. The lowest BCUT2D eigenvalue weighted by Gasteiger charge is -2.13. The number of carboxylic acid groups (broad SMARTS) is 1. The summed E-state index contributed by atoms with van der Waals surface area (Å²) >= 11 is 0. The monoisotopic (exact) mass is 601 g/mol. The molecular weight excluding hydrogens is 550 g/mol. The van der Waals surface area contributed by atoms with Crippen LogP contribution in [-0.4, -0.2) is 44.2 Å². The van der Waals surface area contributed by atoms with Gasteiger partial charge in [0.05, 0.1) is 17.5 Å². The molecular formula is C36H51N5O3. The topological polar surface area (TPSA) is 126 Å². The SMILES string of the molecule is C/C=C\C.C=C(/N=C(N)\N=C/C)n1nc(-c2ccccc2)c(CC[C@@H](O)CCCC(=O)O)c1-c1ccccc1.C=CC.CC. The van der Waals surface area contributed by atoms with Crippen molar-refractivity contribution in [1.29, 1.82) is 0 Å². The van der Waals surface area contributed by atoms with E-state index in [0.717, 1.165) is 28.1 Å². The van der Waals surface area contributed by atoms with Crippen molar-refractivity contribution in [2.75, 3.05) is 0 Å². The van der Waals surface area contributed by atoms with E-state index in [1.54, 1.807) is 23.9 Å². The Bertz CT molecular complexity index is 1320. The molecule has 4 N–H and O–H groups in total. The molecule has 0 saturated carbocycles. The van der Waals surface area contributed by atoms with Crippen molar-refractivity contribution < 1.29 is 15.0 Å². The van der Waals surface area contributed by atoms with Crippen LogP contribution in [0, 0.1) is 0 Å². The number of aliphatic carboxylic acids is 1. The van der Waals surface area contributed by atoms with Gasteiger partial charge in [-0.2, -0.15) is 10.1 Å². The average molecular weight is 602 g/mol. The molecule has 0 aliphatic carbocycles. The smallest absolute Gasteiger partial charge is 0.303 e. The second kappa shape index (κ2) is 23.9. The van der Waals surface area contributed by atoms with Crippen LogP contribution in [0.4, 0.5) is 0 Å². The van der Waals surface area contributed by atoms with Gasteiger partial charge in [0.15, 0.2) is 5.82 Å². The zero-order chi connectivity index (χ0) is 33.3. The average Bonchev–Trinajstić information content (AvgIpc) is 3.42.